The van der Waals surface area contributed by atoms with E-state index >= 15 is 0 Å². The van der Waals surface area contributed by atoms with Crippen LogP contribution < -0.4 is 0 Å². The predicted molar refractivity (Wildman–Crippen MR) is 102 cm³/mol. The molecular weight excluding hydrogens is 336 g/mol. The minimum Gasteiger partial charge on any atom is -0.616 e. The summed E-state index contributed by atoms with van der Waals surface area (Å²) in [5.41, 5.74) is 0. The molecule has 25 heavy (non-hydrogen) atoms. The van der Waals surface area contributed by atoms with Crippen molar-refractivity contribution in [2.24, 2.45) is 11.8 Å². The van der Waals surface area contributed by atoms with Crippen molar-refractivity contribution in [2.75, 3.05) is 11.5 Å². The topological polar surface area (TPSA) is 69.6 Å². The minimum atomic E-state index is -0.726. The Morgan fingerprint density at radius 3 is 2.64 bits per heavy atom. The van der Waals surface area contributed by atoms with Crippen molar-refractivity contribution in [3.63, 3.8) is 0 Å². The molecule has 5 atom stereocenters. The number of hydrogen-bond acceptors (Lipinski definition) is 3. The van der Waals surface area contributed by atoms with Gasteiger partial charge in [0.05, 0.1) is 12.2 Å². The molecule has 0 spiro atoms. The van der Waals surface area contributed by atoms with E-state index in [1.165, 1.54) is 19.3 Å². The summed E-state index contributed by atoms with van der Waals surface area (Å²) in [7, 11) is 0. The zero-order chi connectivity index (χ0) is 18.1. The van der Waals surface area contributed by atoms with Crippen LogP contribution in [0.15, 0.2) is 12.2 Å². The summed E-state index contributed by atoms with van der Waals surface area (Å²) >= 11 is -0.721. The third kappa shape index (κ3) is 6.95. The summed E-state index contributed by atoms with van der Waals surface area (Å²) in [6.45, 7) is 2.20. The van der Waals surface area contributed by atoms with Gasteiger partial charge >= 0.3 is 5.97 Å². The first-order valence-corrected chi connectivity index (χ1v) is 11.5. The van der Waals surface area contributed by atoms with E-state index in [9.17, 15) is 9.35 Å². The lowest BCUT2D eigenvalue weighted by atomic mass is 9.78. The standard InChI is InChI=1S/C20H34O4S/c1-2-3-4-9-14-25(23)15-17-16(18-12-13-19(17)24-18)10-7-5-6-8-11-20(21)22/h5,7,16-19H,2-4,6,8-15H2,1H3,(H,21,22)/b7-5-/t16-,17+,18-,19+,25?/m0/s1. The average molecular weight is 371 g/mol. The number of rotatable bonds is 13. The molecule has 2 fully saturated rings. The zero-order valence-electron chi connectivity index (χ0n) is 15.5. The van der Waals surface area contributed by atoms with Gasteiger partial charge in [-0.25, -0.2) is 0 Å². The number of carboxylic acid groups (broad SMARTS) is 1. The molecule has 2 bridgehead atoms. The van der Waals surface area contributed by atoms with Gasteiger partial charge in [-0.2, -0.15) is 0 Å². The molecule has 4 nitrogen and oxygen atoms in total. The summed E-state index contributed by atoms with van der Waals surface area (Å²) in [6, 6.07) is 0. The second kappa shape index (κ2) is 11.2. The average Bonchev–Trinajstić information content (AvgIpc) is 3.17. The van der Waals surface area contributed by atoms with Crippen molar-refractivity contribution in [3.05, 3.63) is 12.2 Å². The molecule has 1 unspecified atom stereocenters. The summed E-state index contributed by atoms with van der Waals surface area (Å²) in [5.74, 6) is 1.84. The van der Waals surface area contributed by atoms with Gasteiger partial charge in [-0.3, -0.25) is 4.79 Å². The molecule has 0 amide bonds. The van der Waals surface area contributed by atoms with Crippen LogP contribution in [0.25, 0.3) is 0 Å². The molecule has 2 rings (SSSR count). The molecular formula is C20H34O4S. The molecule has 0 aliphatic carbocycles. The Balaban J connectivity index is 1.72. The second-order valence-corrected chi connectivity index (χ2v) is 9.10. The van der Waals surface area contributed by atoms with E-state index in [1.54, 1.807) is 0 Å². The first kappa shape index (κ1) is 20.8. The third-order valence-corrected chi connectivity index (χ3v) is 7.03. The Bertz CT molecular complexity index is 426. The van der Waals surface area contributed by atoms with E-state index in [4.69, 9.17) is 9.84 Å². The van der Waals surface area contributed by atoms with Gasteiger partial charge < -0.3 is 14.4 Å². The minimum absolute atomic E-state index is 0.237. The van der Waals surface area contributed by atoms with E-state index in [-0.39, 0.29) is 6.42 Å². The molecule has 2 aliphatic rings. The monoisotopic (exact) mass is 370 g/mol. The van der Waals surface area contributed by atoms with Crippen LogP contribution in [0.2, 0.25) is 0 Å². The molecule has 2 heterocycles. The Hall–Kier alpha value is -0.520. The SMILES string of the molecule is CCCCCC[S+]([O-])C[C@@H]1[C@H](C/C=C\CCCC(=O)O)[C@@H]2CC[C@H]1O2. The smallest absolute Gasteiger partial charge is 0.303 e. The number of allylic oxidation sites excluding steroid dienone is 2. The Morgan fingerprint density at radius 2 is 1.92 bits per heavy atom. The summed E-state index contributed by atoms with van der Waals surface area (Å²) < 4.78 is 18.5. The predicted octanol–water partition coefficient (Wildman–Crippen LogP) is 4.31. The summed E-state index contributed by atoms with van der Waals surface area (Å²) in [5, 5.41) is 8.65. The third-order valence-electron chi connectivity index (χ3n) is 5.53. The Morgan fingerprint density at radius 1 is 1.16 bits per heavy atom. The van der Waals surface area contributed by atoms with Gasteiger partial charge in [0.15, 0.2) is 0 Å². The first-order valence-electron chi connectivity index (χ1n) is 9.99. The molecule has 144 valence electrons. The number of carboxylic acids is 1. The molecule has 5 heteroatoms. The maximum Gasteiger partial charge on any atom is 0.303 e. The normalized spacial score (nSPS) is 29.5. The van der Waals surface area contributed by atoms with Crippen LogP contribution in [-0.4, -0.2) is 39.3 Å². The first-order chi connectivity index (χ1) is 12.1. The second-order valence-electron chi connectivity index (χ2n) is 7.48. The molecule has 0 radical (unpaired) electrons. The van der Waals surface area contributed by atoms with Crippen molar-refractivity contribution >= 4 is 17.1 Å². The van der Waals surface area contributed by atoms with Crippen molar-refractivity contribution in [3.8, 4) is 0 Å². The van der Waals surface area contributed by atoms with Crippen LogP contribution in [0.5, 0.6) is 0 Å². The molecule has 1 N–H and O–H groups in total. The lowest BCUT2D eigenvalue weighted by Gasteiger charge is -2.27. The highest BCUT2D eigenvalue weighted by Gasteiger charge is 2.49. The number of fused-ring (bicyclic) bond motifs is 2. The summed E-state index contributed by atoms with van der Waals surface area (Å²) in [4.78, 5) is 10.5. The number of unbranched alkanes of at least 4 members (excludes halogenated alkanes) is 4. The van der Waals surface area contributed by atoms with Crippen LogP contribution in [0, 0.1) is 11.8 Å². The van der Waals surface area contributed by atoms with E-state index in [2.05, 4.69) is 19.1 Å². The number of ether oxygens (including phenoxy) is 1. The molecule has 2 aliphatic heterocycles. The van der Waals surface area contributed by atoms with E-state index in [1.807, 2.05) is 0 Å². The molecule has 2 saturated heterocycles. The van der Waals surface area contributed by atoms with Crippen molar-refractivity contribution < 1.29 is 19.2 Å². The van der Waals surface area contributed by atoms with Crippen LogP contribution >= 0.6 is 0 Å². The van der Waals surface area contributed by atoms with Gasteiger partial charge in [-0.1, -0.05) is 43.1 Å². The number of aliphatic carboxylic acids is 1. The van der Waals surface area contributed by atoms with E-state index < -0.39 is 17.1 Å². The molecule has 0 aromatic rings. The zero-order valence-corrected chi connectivity index (χ0v) is 16.3. The van der Waals surface area contributed by atoms with E-state index in [0.29, 0.717) is 30.5 Å². The van der Waals surface area contributed by atoms with Crippen molar-refractivity contribution in [1.82, 2.24) is 0 Å². The largest absolute Gasteiger partial charge is 0.616 e. The van der Waals surface area contributed by atoms with Gasteiger partial charge in [0.1, 0.15) is 11.5 Å². The quantitative estimate of drug-likeness (QED) is 0.298. The van der Waals surface area contributed by atoms with Gasteiger partial charge in [0.25, 0.3) is 0 Å². The van der Waals surface area contributed by atoms with Crippen LogP contribution in [0.3, 0.4) is 0 Å². The van der Waals surface area contributed by atoms with E-state index in [0.717, 1.165) is 43.6 Å². The van der Waals surface area contributed by atoms with Crippen molar-refractivity contribution in [2.45, 2.75) is 83.3 Å². The van der Waals surface area contributed by atoms with Crippen LogP contribution in [0.1, 0.15) is 71.1 Å². The molecule has 0 aromatic carbocycles. The van der Waals surface area contributed by atoms with Gasteiger partial charge in [0, 0.05) is 12.3 Å². The maximum absolute atomic E-state index is 12.4. The van der Waals surface area contributed by atoms with Gasteiger partial charge in [0.2, 0.25) is 0 Å². The number of carbonyl (C=O) groups is 1. The highest BCUT2D eigenvalue weighted by Crippen LogP contribution is 2.45. The highest BCUT2D eigenvalue weighted by atomic mass is 32.2. The van der Waals surface area contributed by atoms with Gasteiger partial charge in [-0.15, -0.1) is 0 Å². The Labute approximate surface area is 155 Å². The lowest BCUT2D eigenvalue weighted by Crippen LogP contribution is -2.33. The van der Waals surface area contributed by atoms with Crippen LogP contribution in [-0.2, 0) is 20.7 Å². The lowest BCUT2D eigenvalue weighted by molar-refractivity contribution is -0.137. The highest BCUT2D eigenvalue weighted by molar-refractivity contribution is 7.91. The Kier molecular flexibility index (Phi) is 9.35. The fraction of sp³-hybridized carbons (Fsp3) is 0.850. The van der Waals surface area contributed by atoms with Crippen LogP contribution in [0.4, 0.5) is 0 Å². The fourth-order valence-corrected chi connectivity index (χ4v) is 5.74. The molecule has 0 saturated carbocycles. The van der Waals surface area contributed by atoms with Gasteiger partial charge in [-0.05, 0) is 50.9 Å². The summed E-state index contributed by atoms with van der Waals surface area (Å²) in [6.07, 6.45) is 14.7. The molecule has 0 aromatic heterocycles. The maximum atomic E-state index is 12.4. The van der Waals surface area contributed by atoms with Crippen molar-refractivity contribution in [1.29, 1.82) is 0 Å². The number of hydrogen-bond donors (Lipinski definition) is 1. The fourth-order valence-electron chi connectivity index (χ4n) is 4.16.